The second-order valence-electron chi connectivity index (χ2n) is 8.93. The smallest absolute Gasteiger partial charge is 0.202 e. The van der Waals surface area contributed by atoms with Gasteiger partial charge in [-0.15, -0.1) is 0 Å². The molecule has 0 heterocycles. The number of ether oxygens (including phenoxy) is 1. The third-order valence-corrected chi connectivity index (χ3v) is 6.71. The van der Waals surface area contributed by atoms with E-state index in [2.05, 4.69) is 81.1 Å². The lowest BCUT2D eigenvalue weighted by Crippen LogP contribution is -2.45. The highest BCUT2D eigenvalue weighted by Crippen LogP contribution is 2.33. The fraction of sp³-hybridized carbons (Fsp3) is 0.367. The normalized spacial score (nSPS) is 12.6. The van der Waals surface area contributed by atoms with Gasteiger partial charge in [0, 0.05) is 18.4 Å². The van der Waals surface area contributed by atoms with Crippen molar-refractivity contribution < 1.29 is 4.74 Å². The molecule has 4 nitrogen and oxygen atoms in total. The first-order chi connectivity index (χ1) is 16.5. The zero-order chi connectivity index (χ0) is 24.5. The Kier molecular flexibility index (Phi) is 9.15. The Morgan fingerprint density at radius 3 is 1.85 bits per heavy atom. The van der Waals surface area contributed by atoms with Gasteiger partial charge in [0.25, 0.3) is 0 Å². The predicted molar refractivity (Wildman–Crippen MR) is 146 cm³/mol. The number of anilines is 2. The number of guanidine groups is 1. The SMILES string of the molecule is CCC(C)c1ccccc1N(C)C(=N)N(CCOc1ccccc1)c1ccccc1C(C)CC. The zero-order valence-corrected chi connectivity index (χ0v) is 21.3. The summed E-state index contributed by atoms with van der Waals surface area (Å²) in [6, 6.07) is 26.8. The van der Waals surface area contributed by atoms with Crippen molar-refractivity contribution in [2.45, 2.75) is 52.4 Å². The fourth-order valence-electron chi connectivity index (χ4n) is 4.21. The van der Waals surface area contributed by atoms with Crippen LogP contribution in [0.2, 0.25) is 0 Å². The van der Waals surface area contributed by atoms with Crippen molar-refractivity contribution in [1.82, 2.24) is 0 Å². The largest absolute Gasteiger partial charge is 0.492 e. The Hall–Kier alpha value is -3.27. The molecule has 34 heavy (non-hydrogen) atoms. The summed E-state index contributed by atoms with van der Waals surface area (Å²) >= 11 is 0. The van der Waals surface area contributed by atoms with E-state index >= 15 is 0 Å². The standard InChI is InChI=1S/C30H39N3O/c1-6-23(3)26-17-11-13-19-28(26)32(5)30(31)33(21-22-34-25-15-9-8-10-16-25)29-20-14-12-18-27(29)24(4)7-2/h8-20,23-24,31H,6-7,21-22H2,1-5H3. The van der Waals surface area contributed by atoms with Gasteiger partial charge in [0.15, 0.2) is 0 Å². The molecule has 1 N–H and O–H groups in total. The van der Waals surface area contributed by atoms with E-state index in [1.165, 1.54) is 11.1 Å². The first-order valence-corrected chi connectivity index (χ1v) is 12.4. The average Bonchev–Trinajstić information content (AvgIpc) is 2.90. The maximum Gasteiger partial charge on any atom is 0.202 e. The van der Waals surface area contributed by atoms with Crippen LogP contribution < -0.4 is 14.5 Å². The molecule has 0 aliphatic rings. The van der Waals surface area contributed by atoms with E-state index in [-0.39, 0.29) is 0 Å². The Bertz CT molecular complexity index is 1050. The average molecular weight is 458 g/mol. The lowest BCUT2D eigenvalue weighted by Gasteiger charge is -2.34. The molecule has 0 bridgehead atoms. The number of rotatable bonds is 10. The van der Waals surface area contributed by atoms with E-state index in [4.69, 9.17) is 4.74 Å². The predicted octanol–water partition coefficient (Wildman–Crippen LogP) is 7.67. The quantitative estimate of drug-likeness (QED) is 0.251. The van der Waals surface area contributed by atoms with Crippen LogP contribution in [0.5, 0.6) is 5.75 Å². The maximum atomic E-state index is 9.30. The molecule has 4 heteroatoms. The van der Waals surface area contributed by atoms with Crippen LogP contribution in [-0.4, -0.2) is 26.2 Å². The molecule has 0 fully saturated rings. The number of hydrogen-bond acceptors (Lipinski definition) is 2. The molecule has 0 amide bonds. The van der Waals surface area contributed by atoms with Crippen molar-refractivity contribution in [1.29, 1.82) is 5.41 Å². The molecule has 3 aromatic carbocycles. The van der Waals surface area contributed by atoms with Crippen LogP contribution in [0.25, 0.3) is 0 Å². The monoisotopic (exact) mass is 457 g/mol. The lowest BCUT2D eigenvalue weighted by atomic mass is 9.96. The van der Waals surface area contributed by atoms with E-state index in [0.717, 1.165) is 30.0 Å². The summed E-state index contributed by atoms with van der Waals surface area (Å²) in [6.45, 7) is 9.99. The summed E-state index contributed by atoms with van der Waals surface area (Å²) < 4.78 is 6.04. The lowest BCUT2D eigenvalue weighted by molar-refractivity contribution is 0.328. The molecule has 0 saturated carbocycles. The Balaban J connectivity index is 1.94. The van der Waals surface area contributed by atoms with E-state index in [0.29, 0.717) is 30.9 Å². The number of hydrogen-bond donors (Lipinski definition) is 1. The number of nitrogens with one attached hydrogen (secondary N) is 1. The highest BCUT2D eigenvalue weighted by Gasteiger charge is 2.23. The number of nitrogens with zero attached hydrogens (tertiary/aromatic N) is 2. The molecule has 0 aromatic heterocycles. The Morgan fingerprint density at radius 2 is 1.26 bits per heavy atom. The van der Waals surface area contributed by atoms with Crippen LogP contribution in [-0.2, 0) is 0 Å². The van der Waals surface area contributed by atoms with Crippen molar-refractivity contribution in [2.75, 3.05) is 30.0 Å². The van der Waals surface area contributed by atoms with Gasteiger partial charge in [-0.3, -0.25) is 5.41 Å². The molecule has 0 aliphatic heterocycles. The van der Waals surface area contributed by atoms with Crippen LogP contribution in [0.4, 0.5) is 11.4 Å². The van der Waals surface area contributed by atoms with E-state index in [1.54, 1.807) is 0 Å². The van der Waals surface area contributed by atoms with Crippen molar-refractivity contribution in [3.8, 4) is 5.75 Å². The second kappa shape index (κ2) is 12.3. The summed E-state index contributed by atoms with van der Waals surface area (Å²) in [5, 5.41) is 9.30. The van der Waals surface area contributed by atoms with E-state index in [9.17, 15) is 5.41 Å². The molecule has 2 unspecified atom stereocenters. The van der Waals surface area contributed by atoms with Crippen LogP contribution >= 0.6 is 0 Å². The topological polar surface area (TPSA) is 39.6 Å². The van der Waals surface area contributed by atoms with Gasteiger partial charge in [-0.1, -0.05) is 82.3 Å². The van der Waals surface area contributed by atoms with Crippen LogP contribution in [0, 0.1) is 5.41 Å². The van der Waals surface area contributed by atoms with Crippen LogP contribution in [0.15, 0.2) is 78.9 Å². The molecule has 3 aromatic rings. The van der Waals surface area contributed by atoms with Crippen molar-refractivity contribution >= 4 is 17.3 Å². The van der Waals surface area contributed by atoms with Gasteiger partial charge in [-0.05, 0) is 60.1 Å². The third kappa shape index (κ3) is 5.99. The minimum Gasteiger partial charge on any atom is -0.492 e. The molecular weight excluding hydrogens is 418 g/mol. The fourth-order valence-corrected chi connectivity index (χ4v) is 4.21. The third-order valence-electron chi connectivity index (χ3n) is 6.71. The molecule has 3 rings (SSSR count). The van der Waals surface area contributed by atoms with Crippen molar-refractivity contribution in [3.05, 3.63) is 90.0 Å². The first-order valence-electron chi connectivity index (χ1n) is 12.4. The van der Waals surface area contributed by atoms with E-state index < -0.39 is 0 Å². The number of benzene rings is 3. The summed E-state index contributed by atoms with van der Waals surface area (Å²) in [5.41, 5.74) is 4.69. The molecule has 2 atom stereocenters. The molecule has 0 radical (unpaired) electrons. The van der Waals surface area contributed by atoms with Gasteiger partial charge in [0.2, 0.25) is 5.96 Å². The van der Waals surface area contributed by atoms with Crippen molar-refractivity contribution in [2.24, 2.45) is 0 Å². The van der Waals surface area contributed by atoms with Gasteiger partial charge in [-0.25, -0.2) is 0 Å². The minimum atomic E-state index is 0.402. The summed E-state index contributed by atoms with van der Waals surface area (Å²) in [6.07, 6.45) is 2.11. The highest BCUT2D eigenvalue weighted by molar-refractivity contribution is 6.05. The zero-order valence-electron chi connectivity index (χ0n) is 21.3. The van der Waals surface area contributed by atoms with Crippen molar-refractivity contribution in [3.63, 3.8) is 0 Å². The maximum absolute atomic E-state index is 9.30. The van der Waals surface area contributed by atoms with Gasteiger partial charge < -0.3 is 14.5 Å². The summed E-state index contributed by atoms with van der Waals surface area (Å²) in [7, 11) is 2.00. The van der Waals surface area contributed by atoms with E-state index in [1.807, 2.05) is 42.3 Å². The number of para-hydroxylation sites is 3. The van der Waals surface area contributed by atoms with Gasteiger partial charge in [-0.2, -0.15) is 0 Å². The highest BCUT2D eigenvalue weighted by atomic mass is 16.5. The van der Waals surface area contributed by atoms with Crippen LogP contribution in [0.1, 0.15) is 63.5 Å². The van der Waals surface area contributed by atoms with Gasteiger partial charge in [0.05, 0.1) is 6.54 Å². The molecule has 0 spiro atoms. The summed E-state index contributed by atoms with van der Waals surface area (Å²) in [5.74, 6) is 2.12. The molecule has 0 aliphatic carbocycles. The Labute approximate surface area is 205 Å². The van der Waals surface area contributed by atoms with Gasteiger partial charge in [0.1, 0.15) is 12.4 Å². The molecule has 180 valence electrons. The Morgan fingerprint density at radius 1 is 0.765 bits per heavy atom. The minimum absolute atomic E-state index is 0.402. The molecule has 0 saturated heterocycles. The van der Waals surface area contributed by atoms with Gasteiger partial charge >= 0.3 is 0 Å². The second-order valence-corrected chi connectivity index (χ2v) is 8.93. The molecular formula is C30H39N3O. The first kappa shape index (κ1) is 25.4. The van der Waals surface area contributed by atoms with Crippen LogP contribution in [0.3, 0.4) is 0 Å². The summed E-state index contributed by atoms with van der Waals surface area (Å²) in [4.78, 5) is 4.11.